The van der Waals surface area contributed by atoms with Crippen molar-refractivity contribution in [3.05, 3.63) is 29.6 Å². The molecule has 1 aromatic rings. The molecule has 3 heteroatoms. The second-order valence-corrected chi connectivity index (χ2v) is 6.07. The van der Waals surface area contributed by atoms with Crippen molar-refractivity contribution in [3.63, 3.8) is 0 Å². The van der Waals surface area contributed by atoms with E-state index in [0.29, 0.717) is 11.3 Å². The molecule has 0 N–H and O–H groups in total. The quantitative estimate of drug-likeness (QED) is 0.757. The van der Waals surface area contributed by atoms with Gasteiger partial charge in [0, 0.05) is 18.8 Å². The minimum absolute atomic E-state index is 0.116. The van der Waals surface area contributed by atoms with Gasteiger partial charge in [-0.25, -0.2) is 4.39 Å². The normalized spacial score (nSPS) is 19.9. The predicted octanol–water partition coefficient (Wildman–Crippen LogP) is 3.57. The lowest BCUT2D eigenvalue weighted by Gasteiger charge is -2.27. The van der Waals surface area contributed by atoms with E-state index in [1.165, 1.54) is 6.07 Å². The summed E-state index contributed by atoms with van der Waals surface area (Å²) in [6, 6.07) is 6.73. The molecule has 1 atom stereocenters. The fraction of sp³-hybridized carbons (Fsp3) is 0.533. The molecule has 0 bridgehead atoms. The molecule has 18 heavy (non-hydrogen) atoms. The van der Waals surface area contributed by atoms with E-state index >= 15 is 0 Å². The van der Waals surface area contributed by atoms with Crippen molar-refractivity contribution in [2.24, 2.45) is 11.3 Å². The first kappa shape index (κ1) is 12.9. The zero-order chi connectivity index (χ0) is 13.3. The Bertz CT molecular complexity index is 482. The molecular weight excluding hydrogens is 227 g/mol. The molecule has 1 saturated heterocycles. The molecule has 0 aliphatic carbocycles. The van der Waals surface area contributed by atoms with Gasteiger partial charge in [0.2, 0.25) is 0 Å². The Morgan fingerprint density at radius 1 is 1.39 bits per heavy atom. The number of anilines is 1. The lowest BCUT2D eigenvalue weighted by molar-refractivity contribution is 0.263. The van der Waals surface area contributed by atoms with Crippen LogP contribution in [0, 0.1) is 28.5 Å². The smallest absolute Gasteiger partial charge is 0.143 e. The van der Waals surface area contributed by atoms with Crippen LogP contribution in [0.2, 0.25) is 0 Å². The lowest BCUT2D eigenvalue weighted by Crippen LogP contribution is -2.25. The van der Waals surface area contributed by atoms with Gasteiger partial charge in [0.1, 0.15) is 11.9 Å². The Balaban J connectivity index is 2.15. The summed E-state index contributed by atoms with van der Waals surface area (Å²) in [5.74, 6) is 0.213. The number of hydrogen-bond donors (Lipinski definition) is 0. The zero-order valence-corrected chi connectivity index (χ0v) is 11.2. The van der Waals surface area contributed by atoms with Crippen molar-refractivity contribution >= 4 is 5.69 Å². The summed E-state index contributed by atoms with van der Waals surface area (Å²) < 4.78 is 13.6. The Kier molecular flexibility index (Phi) is 3.30. The Morgan fingerprint density at radius 3 is 2.61 bits per heavy atom. The average molecular weight is 246 g/mol. The number of nitrogens with zero attached hydrogens (tertiary/aromatic N) is 2. The highest BCUT2D eigenvalue weighted by Gasteiger charge is 2.31. The second kappa shape index (κ2) is 4.61. The summed E-state index contributed by atoms with van der Waals surface area (Å²) in [5.41, 5.74) is 1.29. The molecule has 1 aromatic carbocycles. The van der Waals surface area contributed by atoms with Crippen molar-refractivity contribution in [1.29, 1.82) is 5.26 Å². The van der Waals surface area contributed by atoms with Crippen LogP contribution in [0.3, 0.4) is 0 Å². The predicted molar refractivity (Wildman–Crippen MR) is 70.9 cm³/mol. The van der Waals surface area contributed by atoms with Crippen LogP contribution in [0.25, 0.3) is 0 Å². The summed E-state index contributed by atoms with van der Waals surface area (Å²) in [4.78, 5) is 2.21. The van der Waals surface area contributed by atoms with Gasteiger partial charge in [0.25, 0.3) is 0 Å². The van der Waals surface area contributed by atoms with E-state index in [-0.39, 0.29) is 5.56 Å². The van der Waals surface area contributed by atoms with Crippen LogP contribution in [0.4, 0.5) is 10.1 Å². The third-order valence-corrected chi connectivity index (χ3v) is 3.85. The number of nitriles is 1. The molecule has 2 rings (SSSR count). The fourth-order valence-electron chi connectivity index (χ4n) is 2.49. The van der Waals surface area contributed by atoms with E-state index in [9.17, 15) is 4.39 Å². The monoisotopic (exact) mass is 246 g/mol. The molecule has 1 unspecified atom stereocenters. The van der Waals surface area contributed by atoms with Crippen LogP contribution in [0.1, 0.15) is 32.8 Å². The maximum absolute atomic E-state index is 13.6. The molecule has 0 amide bonds. The summed E-state index contributed by atoms with van der Waals surface area (Å²) in [7, 11) is 0. The van der Waals surface area contributed by atoms with Gasteiger partial charge >= 0.3 is 0 Å². The molecule has 2 nitrogen and oxygen atoms in total. The van der Waals surface area contributed by atoms with Crippen LogP contribution >= 0.6 is 0 Å². The molecule has 1 aliphatic heterocycles. The van der Waals surface area contributed by atoms with Gasteiger partial charge in [-0.3, -0.25) is 0 Å². The molecule has 96 valence electrons. The number of hydrogen-bond acceptors (Lipinski definition) is 2. The number of rotatable bonds is 1. The van der Waals surface area contributed by atoms with Crippen molar-refractivity contribution in [2.45, 2.75) is 27.2 Å². The topological polar surface area (TPSA) is 27.0 Å². The van der Waals surface area contributed by atoms with E-state index in [1.807, 2.05) is 12.1 Å². The van der Waals surface area contributed by atoms with Crippen LogP contribution in [0.5, 0.6) is 0 Å². The van der Waals surface area contributed by atoms with Gasteiger partial charge in [-0.1, -0.05) is 20.8 Å². The van der Waals surface area contributed by atoms with Crippen molar-refractivity contribution in [2.75, 3.05) is 18.0 Å². The zero-order valence-electron chi connectivity index (χ0n) is 11.2. The van der Waals surface area contributed by atoms with Gasteiger partial charge in [-0.05, 0) is 36.0 Å². The summed E-state index contributed by atoms with van der Waals surface area (Å²) in [6.07, 6.45) is 1.14. The first-order valence-electron chi connectivity index (χ1n) is 6.36. The SMILES string of the molecule is CC(C)(C)C1CCN(c2ccc(C#N)c(F)c2)C1. The molecule has 1 heterocycles. The fourth-order valence-corrected chi connectivity index (χ4v) is 2.49. The van der Waals surface area contributed by atoms with E-state index in [2.05, 4.69) is 25.7 Å². The highest BCUT2D eigenvalue weighted by atomic mass is 19.1. The highest BCUT2D eigenvalue weighted by Crippen LogP contribution is 2.35. The van der Waals surface area contributed by atoms with E-state index in [0.717, 1.165) is 25.2 Å². The number of halogens is 1. The second-order valence-electron chi connectivity index (χ2n) is 6.07. The third kappa shape index (κ3) is 2.48. The first-order valence-corrected chi connectivity index (χ1v) is 6.36. The van der Waals surface area contributed by atoms with Crippen LogP contribution in [-0.4, -0.2) is 13.1 Å². The first-order chi connectivity index (χ1) is 8.41. The molecular formula is C15H19FN2. The van der Waals surface area contributed by atoms with Gasteiger partial charge in [-0.15, -0.1) is 0 Å². The van der Waals surface area contributed by atoms with E-state index in [1.54, 1.807) is 6.07 Å². The number of benzene rings is 1. The lowest BCUT2D eigenvalue weighted by atomic mass is 9.80. The summed E-state index contributed by atoms with van der Waals surface area (Å²) in [5, 5.41) is 8.72. The van der Waals surface area contributed by atoms with Crippen LogP contribution < -0.4 is 4.90 Å². The Labute approximate surface area is 108 Å². The van der Waals surface area contributed by atoms with Crippen molar-refractivity contribution < 1.29 is 4.39 Å². The Morgan fingerprint density at radius 2 is 2.11 bits per heavy atom. The summed E-state index contributed by atoms with van der Waals surface area (Å²) in [6.45, 7) is 8.68. The molecule has 1 fully saturated rings. The largest absolute Gasteiger partial charge is 0.371 e. The van der Waals surface area contributed by atoms with Crippen LogP contribution in [-0.2, 0) is 0 Å². The molecule has 1 aliphatic rings. The van der Waals surface area contributed by atoms with Gasteiger partial charge < -0.3 is 4.90 Å². The van der Waals surface area contributed by atoms with Gasteiger partial charge in [-0.2, -0.15) is 5.26 Å². The maximum atomic E-state index is 13.6. The van der Waals surface area contributed by atoms with E-state index < -0.39 is 5.82 Å². The molecule has 0 spiro atoms. The standard InChI is InChI=1S/C15H19FN2/c1-15(2,3)12-6-7-18(10-12)13-5-4-11(9-17)14(16)8-13/h4-5,8,12H,6-7,10H2,1-3H3. The molecule has 0 aromatic heterocycles. The van der Waals surface area contributed by atoms with Crippen molar-refractivity contribution in [3.8, 4) is 6.07 Å². The molecule has 0 saturated carbocycles. The summed E-state index contributed by atoms with van der Waals surface area (Å²) >= 11 is 0. The maximum Gasteiger partial charge on any atom is 0.143 e. The van der Waals surface area contributed by atoms with Crippen molar-refractivity contribution in [1.82, 2.24) is 0 Å². The van der Waals surface area contributed by atoms with Gasteiger partial charge in [0.15, 0.2) is 0 Å². The average Bonchev–Trinajstić information content (AvgIpc) is 2.77. The third-order valence-electron chi connectivity index (χ3n) is 3.85. The van der Waals surface area contributed by atoms with E-state index in [4.69, 9.17) is 5.26 Å². The molecule has 0 radical (unpaired) electrons. The van der Waals surface area contributed by atoms with Crippen LogP contribution in [0.15, 0.2) is 18.2 Å². The minimum atomic E-state index is -0.422. The minimum Gasteiger partial charge on any atom is -0.371 e. The van der Waals surface area contributed by atoms with Gasteiger partial charge in [0.05, 0.1) is 5.56 Å². The Hall–Kier alpha value is -1.56. The highest BCUT2D eigenvalue weighted by molar-refractivity contribution is 5.51.